The molecule has 0 saturated carbocycles. The summed E-state index contributed by atoms with van der Waals surface area (Å²) >= 11 is 0. The second-order valence-corrected chi connectivity index (χ2v) is 3.92. The van der Waals surface area contributed by atoms with Crippen LogP contribution in [0.1, 0.15) is 28.9 Å². The molecule has 0 bridgehead atoms. The molecule has 1 unspecified atom stereocenters. The Morgan fingerprint density at radius 2 is 2.00 bits per heavy atom. The molecule has 18 heavy (non-hydrogen) atoms. The molecule has 4 heteroatoms. The van der Waals surface area contributed by atoms with Crippen LogP contribution in [0.5, 0.6) is 0 Å². The highest BCUT2D eigenvalue weighted by Crippen LogP contribution is 2.19. The zero-order valence-corrected chi connectivity index (χ0v) is 10.0. The van der Waals surface area contributed by atoms with Gasteiger partial charge in [-0.1, -0.05) is 30.3 Å². The van der Waals surface area contributed by atoms with Crippen LogP contribution in [0.25, 0.3) is 0 Å². The largest absolute Gasteiger partial charge is 0.454 e. The van der Waals surface area contributed by atoms with Gasteiger partial charge in [-0.25, -0.2) is 4.79 Å². The van der Waals surface area contributed by atoms with E-state index in [1.54, 1.807) is 6.07 Å². The summed E-state index contributed by atoms with van der Waals surface area (Å²) in [5.41, 5.74) is 7.28. The third kappa shape index (κ3) is 2.66. The Kier molecular flexibility index (Phi) is 3.57. The van der Waals surface area contributed by atoms with Gasteiger partial charge in [-0.15, -0.1) is 0 Å². The summed E-state index contributed by atoms with van der Waals surface area (Å²) in [7, 11) is 0. The Morgan fingerprint density at radius 3 is 2.67 bits per heavy atom. The molecule has 2 rings (SSSR count). The zero-order valence-electron chi connectivity index (χ0n) is 10.0. The van der Waals surface area contributed by atoms with E-state index < -0.39 is 5.97 Å². The van der Waals surface area contributed by atoms with Crippen LogP contribution in [0.4, 0.5) is 5.69 Å². The van der Waals surface area contributed by atoms with Crippen molar-refractivity contribution in [3.63, 3.8) is 0 Å². The number of carbonyl (C=O) groups is 1. The lowest BCUT2D eigenvalue weighted by molar-refractivity contribution is 0.0339. The first kappa shape index (κ1) is 12.1. The van der Waals surface area contributed by atoms with Crippen molar-refractivity contribution in [3.05, 3.63) is 59.9 Å². The average molecular weight is 242 g/mol. The summed E-state index contributed by atoms with van der Waals surface area (Å²) in [5, 5.41) is 0. The number of nitrogen functional groups attached to an aromatic ring is 1. The first-order chi connectivity index (χ1) is 8.68. The summed E-state index contributed by atoms with van der Waals surface area (Å²) in [4.78, 5) is 15.8. The van der Waals surface area contributed by atoms with Crippen LogP contribution in [0, 0.1) is 0 Å². The van der Waals surface area contributed by atoms with Crippen LogP contribution in [0.2, 0.25) is 0 Å². The fourth-order valence-corrected chi connectivity index (χ4v) is 1.61. The summed E-state index contributed by atoms with van der Waals surface area (Å²) in [5.74, 6) is -0.439. The molecule has 92 valence electrons. The van der Waals surface area contributed by atoms with Crippen molar-refractivity contribution in [3.8, 4) is 0 Å². The minimum absolute atomic E-state index is 0.314. The van der Waals surface area contributed by atoms with Crippen LogP contribution in [0.3, 0.4) is 0 Å². The highest BCUT2D eigenvalue weighted by Gasteiger charge is 2.15. The lowest BCUT2D eigenvalue weighted by atomic mass is 10.1. The quantitative estimate of drug-likeness (QED) is 0.840. The third-order valence-electron chi connectivity index (χ3n) is 2.62. The number of anilines is 1. The Hall–Kier alpha value is -2.36. The number of ether oxygens (including phenoxy) is 1. The van der Waals surface area contributed by atoms with Gasteiger partial charge in [0.15, 0.2) is 0 Å². The van der Waals surface area contributed by atoms with E-state index in [0.717, 1.165) is 5.56 Å². The highest BCUT2D eigenvalue weighted by atomic mass is 16.5. The van der Waals surface area contributed by atoms with Gasteiger partial charge in [0.05, 0.1) is 17.4 Å². The van der Waals surface area contributed by atoms with E-state index in [9.17, 15) is 4.79 Å². The number of pyridine rings is 1. The van der Waals surface area contributed by atoms with Gasteiger partial charge >= 0.3 is 5.97 Å². The molecule has 0 aliphatic carbocycles. The van der Waals surface area contributed by atoms with E-state index in [0.29, 0.717) is 11.3 Å². The van der Waals surface area contributed by atoms with Crippen LogP contribution in [-0.4, -0.2) is 11.0 Å². The van der Waals surface area contributed by atoms with Gasteiger partial charge in [0.25, 0.3) is 0 Å². The molecule has 1 aromatic heterocycles. The lowest BCUT2D eigenvalue weighted by Gasteiger charge is -2.14. The third-order valence-corrected chi connectivity index (χ3v) is 2.62. The summed E-state index contributed by atoms with van der Waals surface area (Å²) in [6.07, 6.45) is 2.63. The van der Waals surface area contributed by atoms with Crippen LogP contribution in [0.15, 0.2) is 48.8 Å². The van der Waals surface area contributed by atoms with E-state index in [1.807, 2.05) is 37.3 Å². The molecule has 2 N–H and O–H groups in total. The first-order valence-corrected chi connectivity index (χ1v) is 5.64. The van der Waals surface area contributed by atoms with Crippen molar-refractivity contribution in [1.29, 1.82) is 0 Å². The van der Waals surface area contributed by atoms with Gasteiger partial charge < -0.3 is 10.5 Å². The van der Waals surface area contributed by atoms with Crippen LogP contribution in [-0.2, 0) is 4.74 Å². The summed E-state index contributed by atoms with van der Waals surface area (Å²) < 4.78 is 5.36. The van der Waals surface area contributed by atoms with Gasteiger partial charge in [0.2, 0.25) is 0 Å². The number of hydrogen-bond acceptors (Lipinski definition) is 4. The van der Waals surface area contributed by atoms with Crippen molar-refractivity contribution < 1.29 is 9.53 Å². The Bertz CT molecular complexity index is 541. The summed E-state index contributed by atoms with van der Waals surface area (Å²) in [6, 6.07) is 11.1. The number of hydrogen-bond donors (Lipinski definition) is 1. The number of rotatable bonds is 3. The zero-order chi connectivity index (χ0) is 13.0. The smallest absolute Gasteiger partial charge is 0.340 e. The second kappa shape index (κ2) is 5.31. The monoisotopic (exact) mass is 242 g/mol. The van der Waals surface area contributed by atoms with E-state index in [2.05, 4.69) is 4.98 Å². The second-order valence-electron chi connectivity index (χ2n) is 3.92. The van der Waals surface area contributed by atoms with Crippen molar-refractivity contribution in [1.82, 2.24) is 4.98 Å². The maximum atomic E-state index is 11.9. The predicted molar refractivity (Wildman–Crippen MR) is 68.9 cm³/mol. The van der Waals surface area contributed by atoms with Crippen molar-refractivity contribution in [2.24, 2.45) is 0 Å². The summed E-state index contributed by atoms with van der Waals surface area (Å²) in [6.45, 7) is 1.82. The average Bonchev–Trinajstić information content (AvgIpc) is 2.40. The Balaban J connectivity index is 2.11. The fraction of sp³-hybridized carbons (Fsp3) is 0.143. The maximum Gasteiger partial charge on any atom is 0.340 e. The van der Waals surface area contributed by atoms with E-state index in [1.165, 1.54) is 12.4 Å². The maximum absolute atomic E-state index is 11.9. The number of benzene rings is 1. The molecule has 0 aliphatic rings. The number of aromatic nitrogens is 1. The molecule has 0 radical (unpaired) electrons. The highest BCUT2D eigenvalue weighted by molar-refractivity contribution is 5.94. The van der Waals surface area contributed by atoms with Crippen LogP contribution >= 0.6 is 0 Å². The van der Waals surface area contributed by atoms with Gasteiger partial charge in [0, 0.05) is 6.20 Å². The number of nitrogens with zero attached hydrogens (tertiary/aromatic N) is 1. The molecule has 0 saturated heterocycles. The van der Waals surface area contributed by atoms with Crippen molar-refractivity contribution >= 4 is 11.7 Å². The molecule has 1 heterocycles. The van der Waals surface area contributed by atoms with E-state index in [-0.39, 0.29) is 6.10 Å². The molecule has 4 nitrogen and oxygen atoms in total. The molecule has 1 atom stereocenters. The number of carbonyl (C=O) groups excluding carboxylic acids is 1. The van der Waals surface area contributed by atoms with E-state index >= 15 is 0 Å². The molecule has 0 amide bonds. The first-order valence-electron chi connectivity index (χ1n) is 5.64. The Labute approximate surface area is 105 Å². The topological polar surface area (TPSA) is 65.2 Å². The van der Waals surface area contributed by atoms with Crippen molar-refractivity contribution in [2.45, 2.75) is 13.0 Å². The molecule has 2 aromatic rings. The van der Waals surface area contributed by atoms with Gasteiger partial charge in [-0.05, 0) is 18.6 Å². The van der Waals surface area contributed by atoms with Crippen LogP contribution < -0.4 is 5.73 Å². The number of esters is 1. The lowest BCUT2D eigenvalue weighted by Crippen LogP contribution is -2.11. The Morgan fingerprint density at radius 1 is 1.28 bits per heavy atom. The molecular weight excluding hydrogens is 228 g/mol. The van der Waals surface area contributed by atoms with Gasteiger partial charge in [0.1, 0.15) is 6.10 Å². The minimum atomic E-state index is -0.439. The van der Waals surface area contributed by atoms with Crippen molar-refractivity contribution in [2.75, 3.05) is 5.73 Å². The van der Waals surface area contributed by atoms with Gasteiger partial charge in [-0.3, -0.25) is 4.98 Å². The molecule has 0 fully saturated rings. The van der Waals surface area contributed by atoms with E-state index in [4.69, 9.17) is 10.5 Å². The minimum Gasteiger partial charge on any atom is -0.454 e. The molecular formula is C14H14N2O2. The molecule has 1 aromatic carbocycles. The number of nitrogens with two attached hydrogens (primary N) is 1. The fourth-order valence-electron chi connectivity index (χ4n) is 1.61. The predicted octanol–water partition coefficient (Wildman–Crippen LogP) is 2.58. The normalized spacial score (nSPS) is 11.8. The standard InChI is InChI=1S/C14H14N2O2/c1-10(11-5-3-2-4-6-11)18-14(17)12-7-8-16-9-13(12)15/h2-10H,15H2,1H3. The van der Waals surface area contributed by atoms with Gasteiger partial charge in [-0.2, -0.15) is 0 Å². The SMILES string of the molecule is CC(OC(=O)c1ccncc1N)c1ccccc1. The molecule has 0 aliphatic heterocycles. The molecule has 0 spiro atoms.